The summed E-state index contributed by atoms with van der Waals surface area (Å²) < 4.78 is 5.84. The predicted molar refractivity (Wildman–Crippen MR) is 125 cm³/mol. The van der Waals surface area contributed by atoms with Gasteiger partial charge in [0.25, 0.3) is 0 Å². The zero-order valence-electron chi connectivity index (χ0n) is 18.8. The van der Waals surface area contributed by atoms with Crippen LogP contribution in [0.5, 0.6) is 5.75 Å². The number of carbonyl (C=O) groups excluding carboxylic acids is 2. The van der Waals surface area contributed by atoms with Crippen molar-refractivity contribution in [2.45, 2.75) is 44.4 Å². The summed E-state index contributed by atoms with van der Waals surface area (Å²) in [5, 5.41) is 2.76. The number of amides is 1. The van der Waals surface area contributed by atoms with E-state index >= 15 is 0 Å². The van der Waals surface area contributed by atoms with Crippen LogP contribution in [0.2, 0.25) is 0 Å². The van der Waals surface area contributed by atoms with E-state index in [1.54, 1.807) is 0 Å². The number of anilines is 1. The smallest absolute Gasteiger partial charge is 0.220 e. The average Bonchev–Trinajstić information content (AvgIpc) is 3.50. The first-order valence-electron chi connectivity index (χ1n) is 11.9. The van der Waals surface area contributed by atoms with Crippen LogP contribution in [0.1, 0.15) is 55.6 Å². The molecule has 5 rings (SSSR count). The molecule has 3 fully saturated rings. The van der Waals surface area contributed by atoms with Gasteiger partial charge in [-0.05, 0) is 60.1 Å². The number of ether oxygens (including phenoxy) is 1. The minimum absolute atomic E-state index is 0.00671. The average molecular weight is 433 g/mol. The fourth-order valence-corrected chi connectivity index (χ4v) is 4.67. The molecule has 2 aromatic carbocycles. The van der Waals surface area contributed by atoms with Gasteiger partial charge < -0.3 is 15.0 Å². The zero-order chi connectivity index (χ0) is 22.1. The quantitative estimate of drug-likeness (QED) is 0.643. The van der Waals surface area contributed by atoms with Crippen molar-refractivity contribution in [3.63, 3.8) is 0 Å². The van der Waals surface area contributed by atoms with Crippen LogP contribution in [0.25, 0.3) is 0 Å². The van der Waals surface area contributed by atoms with Crippen LogP contribution in [-0.2, 0) is 9.59 Å². The Morgan fingerprint density at radius 2 is 1.81 bits per heavy atom. The lowest BCUT2D eigenvalue weighted by Crippen LogP contribution is -2.45. The van der Waals surface area contributed by atoms with Gasteiger partial charge in [-0.2, -0.15) is 0 Å². The third kappa shape index (κ3) is 4.82. The highest BCUT2D eigenvalue weighted by atomic mass is 16.5. The van der Waals surface area contributed by atoms with Crippen molar-refractivity contribution in [3.05, 3.63) is 59.7 Å². The summed E-state index contributed by atoms with van der Waals surface area (Å²) in [6.07, 6.45) is 3.46. The normalized spacial score (nSPS) is 21.7. The second-order valence-electron chi connectivity index (χ2n) is 9.79. The second kappa shape index (κ2) is 8.97. The Kier molecular flexibility index (Phi) is 5.90. The molecule has 1 unspecified atom stereocenters. The van der Waals surface area contributed by atoms with Crippen molar-refractivity contribution in [2.75, 3.05) is 31.1 Å². The van der Waals surface area contributed by atoms with Crippen molar-refractivity contribution >= 4 is 17.4 Å². The minimum Gasteiger partial charge on any atom is -0.493 e. The van der Waals surface area contributed by atoms with Crippen molar-refractivity contribution in [1.29, 1.82) is 0 Å². The SMILES string of the molecule is C[C@H](CC(=O)C1CNC(=O)C1)c1ccc(C2CN(c3ccc(OCC4CC4)cc3)C2)cc1. The molecule has 2 atom stereocenters. The van der Waals surface area contributed by atoms with Crippen LogP contribution in [0, 0.1) is 11.8 Å². The number of hydrogen-bond acceptors (Lipinski definition) is 4. The van der Waals surface area contributed by atoms with E-state index in [0.717, 1.165) is 31.4 Å². The van der Waals surface area contributed by atoms with E-state index < -0.39 is 0 Å². The van der Waals surface area contributed by atoms with Crippen molar-refractivity contribution < 1.29 is 14.3 Å². The molecule has 2 saturated heterocycles. The number of carbonyl (C=O) groups is 2. The van der Waals surface area contributed by atoms with Gasteiger partial charge in [-0.1, -0.05) is 31.2 Å². The largest absolute Gasteiger partial charge is 0.493 e. The number of benzene rings is 2. The zero-order valence-corrected chi connectivity index (χ0v) is 18.8. The minimum atomic E-state index is -0.149. The standard InChI is InChI=1S/C27H32N2O3/c1-18(12-26(30)22-13-27(31)28-14-22)20-4-6-21(7-5-20)23-15-29(16-23)24-8-10-25(11-9-24)32-17-19-2-3-19/h4-11,18-19,22-23H,2-3,12-17H2,1H3,(H,28,31)/t18-,22?/m1/s1. The summed E-state index contributed by atoms with van der Waals surface area (Å²) in [4.78, 5) is 26.2. The summed E-state index contributed by atoms with van der Waals surface area (Å²) in [5.74, 6) is 2.50. The summed E-state index contributed by atoms with van der Waals surface area (Å²) >= 11 is 0. The molecule has 0 radical (unpaired) electrons. The number of hydrogen-bond donors (Lipinski definition) is 1. The number of nitrogens with zero attached hydrogens (tertiary/aromatic N) is 1. The first kappa shape index (κ1) is 21.0. The van der Waals surface area contributed by atoms with Crippen LogP contribution in [0.4, 0.5) is 5.69 Å². The Morgan fingerprint density at radius 3 is 2.44 bits per heavy atom. The van der Waals surface area contributed by atoms with Gasteiger partial charge in [0.1, 0.15) is 11.5 Å². The molecule has 1 amide bonds. The molecule has 0 spiro atoms. The van der Waals surface area contributed by atoms with E-state index in [1.807, 2.05) is 0 Å². The lowest BCUT2D eigenvalue weighted by Gasteiger charge is -2.41. The predicted octanol–water partition coefficient (Wildman–Crippen LogP) is 4.28. The van der Waals surface area contributed by atoms with E-state index in [4.69, 9.17) is 4.74 Å². The summed E-state index contributed by atoms with van der Waals surface area (Å²) in [6.45, 7) is 5.50. The molecule has 2 heterocycles. The molecule has 1 aliphatic carbocycles. The van der Waals surface area contributed by atoms with Crippen LogP contribution in [0.3, 0.4) is 0 Å². The molecule has 3 aliphatic rings. The van der Waals surface area contributed by atoms with Crippen molar-refractivity contribution in [1.82, 2.24) is 5.32 Å². The third-order valence-electron chi connectivity index (χ3n) is 7.18. The van der Waals surface area contributed by atoms with Gasteiger partial charge in [0.15, 0.2) is 0 Å². The van der Waals surface area contributed by atoms with Crippen LogP contribution in [-0.4, -0.2) is 37.9 Å². The number of Topliss-reactive ketones (excluding diaryl/α,β-unsaturated/α-hetero) is 1. The fourth-order valence-electron chi connectivity index (χ4n) is 4.67. The van der Waals surface area contributed by atoms with Gasteiger partial charge in [-0.25, -0.2) is 0 Å². The topological polar surface area (TPSA) is 58.6 Å². The lowest BCUT2D eigenvalue weighted by molar-refractivity contribution is -0.125. The van der Waals surface area contributed by atoms with Gasteiger partial charge in [0.2, 0.25) is 5.91 Å². The van der Waals surface area contributed by atoms with Gasteiger partial charge in [0, 0.05) is 50.0 Å². The molecule has 32 heavy (non-hydrogen) atoms. The maximum absolute atomic E-state index is 12.5. The maximum atomic E-state index is 12.5. The Labute approximate surface area is 190 Å². The molecule has 0 aromatic heterocycles. The fraction of sp³-hybridized carbons (Fsp3) is 0.481. The molecular formula is C27H32N2O3. The van der Waals surface area contributed by atoms with Crippen molar-refractivity contribution in [2.24, 2.45) is 11.8 Å². The van der Waals surface area contributed by atoms with Gasteiger partial charge in [-0.15, -0.1) is 0 Å². The Hall–Kier alpha value is -2.82. The van der Waals surface area contributed by atoms with Crippen LogP contribution >= 0.6 is 0 Å². The highest BCUT2D eigenvalue weighted by Gasteiger charge is 2.30. The van der Waals surface area contributed by atoms with Crippen LogP contribution in [0.15, 0.2) is 48.5 Å². The third-order valence-corrected chi connectivity index (χ3v) is 7.18. The first-order valence-corrected chi connectivity index (χ1v) is 11.9. The summed E-state index contributed by atoms with van der Waals surface area (Å²) in [7, 11) is 0. The molecule has 2 aliphatic heterocycles. The van der Waals surface area contributed by atoms with E-state index in [1.165, 1.54) is 29.7 Å². The molecule has 1 saturated carbocycles. The van der Waals surface area contributed by atoms with Gasteiger partial charge in [0.05, 0.1) is 6.61 Å². The van der Waals surface area contributed by atoms with E-state index in [2.05, 4.69) is 65.7 Å². The highest BCUT2D eigenvalue weighted by Crippen LogP contribution is 2.34. The highest BCUT2D eigenvalue weighted by molar-refractivity contribution is 5.90. The Balaban J connectivity index is 1.10. The maximum Gasteiger partial charge on any atom is 0.220 e. The van der Waals surface area contributed by atoms with E-state index in [0.29, 0.717) is 25.3 Å². The first-order chi connectivity index (χ1) is 15.5. The summed E-state index contributed by atoms with van der Waals surface area (Å²) in [5.41, 5.74) is 3.81. The number of rotatable bonds is 9. The lowest BCUT2D eigenvalue weighted by atomic mass is 9.87. The van der Waals surface area contributed by atoms with Crippen LogP contribution < -0.4 is 15.0 Å². The Bertz CT molecular complexity index is 959. The molecule has 5 heteroatoms. The molecule has 0 bridgehead atoms. The summed E-state index contributed by atoms with van der Waals surface area (Å²) in [6, 6.07) is 17.3. The van der Waals surface area contributed by atoms with E-state index in [9.17, 15) is 9.59 Å². The van der Waals surface area contributed by atoms with Gasteiger partial charge in [-0.3, -0.25) is 9.59 Å². The number of nitrogens with one attached hydrogen (secondary N) is 1. The molecule has 168 valence electrons. The molecule has 1 N–H and O–H groups in total. The Morgan fingerprint density at radius 1 is 1.09 bits per heavy atom. The molecule has 2 aromatic rings. The molecule has 5 nitrogen and oxygen atoms in total. The monoisotopic (exact) mass is 432 g/mol. The number of ketones is 1. The second-order valence-corrected chi connectivity index (χ2v) is 9.79. The van der Waals surface area contributed by atoms with Crippen molar-refractivity contribution in [3.8, 4) is 5.75 Å². The molecular weight excluding hydrogens is 400 g/mol. The van der Waals surface area contributed by atoms with E-state index in [-0.39, 0.29) is 23.5 Å². The van der Waals surface area contributed by atoms with Gasteiger partial charge >= 0.3 is 0 Å².